The molecule has 1 aromatic carbocycles. The Morgan fingerprint density at radius 1 is 1.36 bits per heavy atom. The van der Waals surface area contributed by atoms with E-state index >= 15 is 0 Å². The third-order valence-corrected chi connectivity index (χ3v) is 5.85. The molecule has 120 valence electrons. The molecule has 1 fully saturated rings. The fourth-order valence-corrected chi connectivity index (χ4v) is 4.80. The topological polar surface area (TPSA) is 118 Å². The molecule has 0 saturated carbocycles. The Kier molecular flexibility index (Phi) is 4.21. The number of nitrogens with zero attached hydrogens (tertiary/aromatic N) is 2. The Morgan fingerprint density at radius 2 is 1.95 bits per heavy atom. The van der Waals surface area contributed by atoms with Crippen LogP contribution in [-0.4, -0.2) is 41.3 Å². The highest BCUT2D eigenvalue weighted by molar-refractivity contribution is 7.89. The van der Waals surface area contributed by atoms with Crippen molar-refractivity contribution >= 4 is 21.7 Å². The predicted octanol–water partition coefficient (Wildman–Crippen LogP) is 1.45. The zero-order valence-electron chi connectivity index (χ0n) is 12.1. The molecule has 0 unspecified atom stereocenters. The van der Waals surface area contributed by atoms with Crippen molar-refractivity contribution in [2.45, 2.75) is 37.6 Å². The van der Waals surface area contributed by atoms with Crippen LogP contribution in [0.25, 0.3) is 0 Å². The van der Waals surface area contributed by atoms with Crippen LogP contribution in [0.3, 0.4) is 0 Å². The van der Waals surface area contributed by atoms with Crippen LogP contribution >= 0.6 is 0 Å². The number of rotatable bonds is 4. The Bertz CT molecular complexity index is 743. The van der Waals surface area contributed by atoms with Crippen LogP contribution in [-0.2, 0) is 14.8 Å². The van der Waals surface area contributed by atoms with E-state index in [0.717, 1.165) is 4.31 Å². The average molecular weight is 328 g/mol. The standard InChI is InChI=1S/C13H16N2O6S/c1-8-5-6-9(2)12(11(8)15(18)19)22(20,21)14-7-3-4-10(14)13(16)17/h5-6,10H,3-4,7H2,1-2H3,(H,16,17)/t10-/m0/s1. The molecular formula is C13H16N2O6S. The highest BCUT2D eigenvalue weighted by Gasteiger charge is 2.43. The average Bonchev–Trinajstić information content (AvgIpc) is 2.90. The summed E-state index contributed by atoms with van der Waals surface area (Å²) in [7, 11) is -4.25. The summed E-state index contributed by atoms with van der Waals surface area (Å²) in [6.45, 7) is 2.96. The lowest BCUT2D eigenvalue weighted by Crippen LogP contribution is -2.40. The third kappa shape index (κ3) is 2.57. The van der Waals surface area contributed by atoms with Crippen LogP contribution in [0.2, 0.25) is 0 Å². The van der Waals surface area contributed by atoms with E-state index in [1.54, 1.807) is 0 Å². The Hall–Kier alpha value is -2.00. The number of aliphatic carboxylic acids is 1. The van der Waals surface area contributed by atoms with E-state index in [2.05, 4.69) is 0 Å². The van der Waals surface area contributed by atoms with Crippen LogP contribution in [0.5, 0.6) is 0 Å². The molecule has 0 aliphatic carbocycles. The minimum absolute atomic E-state index is 0.0455. The minimum Gasteiger partial charge on any atom is -0.480 e. The largest absolute Gasteiger partial charge is 0.480 e. The van der Waals surface area contributed by atoms with Crippen molar-refractivity contribution in [1.82, 2.24) is 4.31 Å². The van der Waals surface area contributed by atoms with Crippen molar-refractivity contribution in [2.75, 3.05) is 6.54 Å². The second-order valence-corrected chi connectivity index (χ2v) is 7.07. The maximum Gasteiger partial charge on any atom is 0.322 e. The van der Waals surface area contributed by atoms with E-state index in [1.165, 1.54) is 26.0 Å². The van der Waals surface area contributed by atoms with Gasteiger partial charge in [0.2, 0.25) is 0 Å². The number of carbonyl (C=O) groups is 1. The van der Waals surface area contributed by atoms with Crippen molar-refractivity contribution < 1.29 is 23.2 Å². The first kappa shape index (κ1) is 16.4. The second-order valence-electron chi connectivity index (χ2n) is 5.25. The molecule has 1 saturated heterocycles. The molecule has 0 bridgehead atoms. The summed E-state index contributed by atoms with van der Waals surface area (Å²) < 4.78 is 26.5. The van der Waals surface area contributed by atoms with Gasteiger partial charge < -0.3 is 5.11 Å². The van der Waals surface area contributed by atoms with E-state index in [0.29, 0.717) is 6.42 Å². The van der Waals surface area contributed by atoms with E-state index in [1.807, 2.05) is 0 Å². The lowest BCUT2D eigenvalue weighted by atomic mass is 10.1. The van der Waals surface area contributed by atoms with Crippen LogP contribution in [0, 0.1) is 24.0 Å². The number of benzene rings is 1. The van der Waals surface area contributed by atoms with Gasteiger partial charge in [0.15, 0.2) is 4.90 Å². The fraction of sp³-hybridized carbons (Fsp3) is 0.462. The van der Waals surface area contributed by atoms with Gasteiger partial charge in [-0.1, -0.05) is 12.1 Å². The van der Waals surface area contributed by atoms with Gasteiger partial charge in [0.05, 0.1) is 4.92 Å². The number of hydrogen-bond acceptors (Lipinski definition) is 5. The first-order valence-electron chi connectivity index (χ1n) is 6.67. The summed E-state index contributed by atoms with van der Waals surface area (Å²) >= 11 is 0. The van der Waals surface area contributed by atoms with Crippen LogP contribution in [0.1, 0.15) is 24.0 Å². The van der Waals surface area contributed by atoms with Crippen LogP contribution in [0.15, 0.2) is 17.0 Å². The van der Waals surface area contributed by atoms with Crippen molar-refractivity contribution in [2.24, 2.45) is 0 Å². The van der Waals surface area contributed by atoms with Gasteiger partial charge in [0.1, 0.15) is 6.04 Å². The molecule has 1 aliphatic rings. The zero-order chi connectivity index (χ0) is 16.7. The molecule has 1 aromatic rings. The van der Waals surface area contributed by atoms with Gasteiger partial charge in [-0.3, -0.25) is 14.9 Å². The second kappa shape index (κ2) is 5.65. The Labute approximate surface area is 127 Å². The number of hydrogen-bond donors (Lipinski definition) is 1. The Balaban J connectivity index is 2.67. The summed E-state index contributed by atoms with van der Waals surface area (Å²) in [4.78, 5) is 21.4. The van der Waals surface area contributed by atoms with E-state index < -0.39 is 37.5 Å². The molecule has 1 heterocycles. The smallest absolute Gasteiger partial charge is 0.322 e. The maximum atomic E-state index is 12.8. The highest BCUT2D eigenvalue weighted by Crippen LogP contribution is 2.35. The van der Waals surface area contributed by atoms with E-state index in [-0.39, 0.29) is 24.1 Å². The van der Waals surface area contributed by atoms with Gasteiger partial charge in [0, 0.05) is 12.1 Å². The molecule has 1 atom stereocenters. The molecule has 0 spiro atoms. The number of sulfonamides is 1. The first-order valence-corrected chi connectivity index (χ1v) is 8.11. The normalized spacial score (nSPS) is 19.3. The third-order valence-electron chi connectivity index (χ3n) is 3.77. The summed E-state index contributed by atoms with van der Waals surface area (Å²) in [6, 6.07) is 1.79. The maximum absolute atomic E-state index is 12.8. The molecule has 0 amide bonds. The van der Waals surface area contributed by atoms with E-state index in [4.69, 9.17) is 5.11 Å². The summed E-state index contributed by atoms with van der Waals surface area (Å²) in [5, 5.41) is 20.4. The number of carboxylic acid groups (broad SMARTS) is 1. The van der Waals surface area contributed by atoms with Crippen LogP contribution in [0.4, 0.5) is 5.69 Å². The molecule has 22 heavy (non-hydrogen) atoms. The van der Waals surface area contributed by atoms with Crippen LogP contribution < -0.4 is 0 Å². The van der Waals surface area contributed by atoms with Gasteiger partial charge in [-0.25, -0.2) is 8.42 Å². The molecule has 1 aliphatic heterocycles. The van der Waals surface area contributed by atoms with Gasteiger partial charge in [-0.15, -0.1) is 0 Å². The lowest BCUT2D eigenvalue weighted by Gasteiger charge is -2.22. The molecule has 8 nitrogen and oxygen atoms in total. The van der Waals surface area contributed by atoms with Gasteiger partial charge in [-0.05, 0) is 32.3 Å². The van der Waals surface area contributed by atoms with Crippen molar-refractivity contribution in [3.8, 4) is 0 Å². The molecule has 0 radical (unpaired) electrons. The fourth-order valence-electron chi connectivity index (χ4n) is 2.71. The number of nitro groups is 1. The quantitative estimate of drug-likeness (QED) is 0.660. The lowest BCUT2D eigenvalue weighted by molar-refractivity contribution is -0.388. The summed E-state index contributed by atoms with van der Waals surface area (Å²) in [5.41, 5.74) is -0.0374. The zero-order valence-corrected chi connectivity index (χ0v) is 13.0. The molecule has 9 heteroatoms. The van der Waals surface area contributed by atoms with Crippen molar-refractivity contribution in [3.05, 3.63) is 33.4 Å². The number of aryl methyl sites for hydroxylation is 2. The minimum atomic E-state index is -4.25. The number of carboxylic acids is 1. The van der Waals surface area contributed by atoms with Crippen molar-refractivity contribution in [1.29, 1.82) is 0 Å². The summed E-state index contributed by atoms with van der Waals surface area (Å²) in [5.74, 6) is -1.24. The van der Waals surface area contributed by atoms with Gasteiger partial charge in [0.25, 0.3) is 15.7 Å². The molecule has 0 aromatic heterocycles. The van der Waals surface area contributed by atoms with Crippen molar-refractivity contribution in [3.63, 3.8) is 0 Å². The van der Waals surface area contributed by atoms with Gasteiger partial charge in [-0.2, -0.15) is 4.31 Å². The molecular weight excluding hydrogens is 312 g/mol. The number of nitro benzene ring substituents is 1. The van der Waals surface area contributed by atoms with Gasteiger partial charge >= 0.3 is 5.97 Å². The Morgan fingerprint density at radius 3 is 2.50 bits per heavy atom. The first-order chi connectivity index (χ1) is 10.2. The van der Waals surface area contributed by atoms with E-state index in [9.17, 15) is 23.3 Å². The molecule has 2 rings (SSSR count). The highest BCUT2D eigenvalue weighted by atomic mass is 32.2. The molecule has 1 N–H and O–H groups in total. The predicted molar refractivity (Wildman–Crippen MR) is 77.1 cm³/mol. The summed E-state index contributed by atoms with van der Waals surface area (Å²) in [6.07, 6.45) is 0.613. The SMILES string of the molecule is Cc1ccc(C)c(S(=O)(=O)N2CCC[C@H]2C(=O)O)c1[N+](=O)[O-]. The monoisotopic (exact) mass is 328 g/mol.